The molecule has 2 heterocycles. The predicted molar refractivity (Wildman–Crippen MR) is 60.6 cm³/mol. The minimum absolute atomic E-state index is 0.722. The van der Waals surface area contributed by atoms with Crippen molar-refractivity contribution in [3.8, 4) is 0 Å². The molecule has 15 heavy (non-hydrogen) atoms. The number of fused-ring (bicyclic) bond motifs is 1. The van der Waals surface area contributed by atoms with Gasteiger partial charge in [0.05, 0.1) is 0 Å². The lowest BCUT2D eigenvalue weighted by Crippen LogP contribution is -2.00. The van der Waals surface area contributed by atoms with Crippen molar-refractivity contribution in [3.63, 3.8) is 0 Å². The van der Waals surface area contributed by atoms with Crippen LogP contribution in [0.2, 0.25) is 0 Å². The Morgan fingerprint density at radius 2 is 2.27 bits per heavy atom. The summed E-state index contributed by atoms with van der Waals surface area (Å²) in [6, 6.07) is 2.10. The lowest BCUT2D eigenvalue weighted by Gasteiger charge is -1.99. The van der Waals surface area contributed by atoms with E-state index in [0.717, 1.165) is 36.4 Å². The lowest BCUT2D eigenvalue weighted by molar-refractivity contribution is 0.829. The molecule has 0 fully saturated rings. The van der Waals surface area contributed by atoms with E-state index in [-0.39, 0.29) is 0 Å². The highest BCUT2D eigenvalue weighted by Gasteiger charge is 2.05. The quantitative estimate of drug-likeness (QED) is 0.816. The summed E-state index contributed by atoms with van der Waals surface area (Å²) < 4.78 is 2.00. The van der Waals surface area contributed by atoms with Crippen LogP contribution in [-0.4, -0.2) is 21.1 Å². The van der Waals surface area contributed by atoms with Crippen LogP contribution in [0, 0.1) is 6.92 Å². The summed E-state index contributed by atoms with van der Waals surface area (Å²) in [7, 11) is 1.98. The molecule has 4 nitrogen and oxygen atoms in total. The fourth-order valence-corrected chi connectivity index (χ4v) is 1.67. The van der Waals surface area contributed by atoms with Crippen LogP contribution >= 0.6 is 0 Å². The van der Waals surface area contributed by atoms with Gasteiger partial charge in [-0.25, -0.2) is 9.97 Å². The van der Waals surface area contributed by atoms with Gasteiger partial charge in [0.1, 0.15) is 11.3 Å². The van der Waals surface area contributed by atoms with Crippen molar-refractivity contribution in [3.05, 3.63) is 23.7 Å². The summed E-state index contributed by atoms with van der Waals surface area (Å²) in [6.45, 7) is 2.71. The highest BCUT2D eigenvalue weighted by molar-refractivity contribution is 5.71. The lowest BCUT2D eigenvalue weighted by atomic mass is 10.1. The summed E-state index contributed by atoms with van der Waals surface area (Å²) in [5.74, 6) is 0.994. The van der Waals surface area contributed by atoms with Gasteiger partial charge in [-0.05, 0) is 37.9 Å². The number of nitrogens with zero attached hydrogens (tertiary/aromatic N) is 3. The second-order valence-electron chi connectivity index (χ2n) is 3.80. The molecular formula is C11H16N4. The van der Waals surface area contributed by atoms with Gasteiger partial charge in [-0.2, -0.15) is 0 Å². The van der Waals surface area contributed by atoms with E-state index in [4.69, 9.17) is 5.73 Å². The molecule has 0 amide bonds. The molecule has 80 valence electrons. The molecule has 0 unspecified atom stereocenters. The average molecular weight is 204 g/mol. The molecule has 0 aliphatic rings. The molecule has 0 radical (unpaired) electrons. The molecule has 2 rings (SSSR count). The van der Waals surface area contributed by atoms with Gasteiger partial charge in [0.15, 0.2) is 5.65 Å². The maximum absolute atomic E-state index is 5.48. The minimum Gasteiger partial charge on any atom is -0.330 e. The fourth-order valence-electron chi connectivity index (χ4n) is 1.67. The number of hydrogen-bond acceptors (Lipinski definition) is 3. The molecule has 0 aliphatic heterocycles. The maximum Gasteiger partial charge on any atom is 0.159 e. The number of imidazole rings is 1. The first kappa shape index (κ1) is 10.1. The van der Waals surface area contributed by atoms with Crippen LogP contribution < -0.4 is 5.73 Å². The van der Waals surface area contributed by atoms with Crippen molar-refractivity contribution in [1.82, 2.24) is 14.5 Å². The van der Waals surface area contributed by atoms with Gasteiger partial charge in [-0.15, -0.1) is 0 Å². The van der Waals surface area contributed by atoms with Crippen molar-refractivity contribution in [2.75, 3.05) is 6.54 Å². The van der Waals surface area contributed by atoms with Gasteiger partial charge in [-0.1, -0.05) is 0 Å². The normalized spacial score (nSPS) is 11.1. The van der Waals surface area contributed by atoms with Crippen LogP contribution in [0.4, 0.5) is 0 Å². The SMILES string of the molecule is Cc1nc2cc(CCCN)cnc2n1C. The first-order valence-electron chi connectivity index (χ1n) is 5.20. The number of hydrogen-bond donors (Lipinski definition) is 1. The van der Waals surface area contributed by atoms with Gasteiger partial charge >= 0.3 is 0 Å². The highest BCUT2D eigenvalue weighted by Crippen LogP contribution is 2.14. The standard InChI is InChI=1S/C11H16N4/c1-8-14-10-6-9(4-3-5-12)7-13-11(10)15(8)2/h6-7H,3-5,12H2,1-2H3. The molecule has 2 N–H and O–H groups in total. The van der Waals surface area contributed by atoms with Crippen molar-refractivity contribution in [2.24, 2.45) is 12.8 Å². The van der Waals surface area contributed by atoms with Crippen molar-refractivity contribution in [2.45, 2.75) is 19.8 Å². The zero-order chi connectivity index (χ0) is 10.8. The first-order chi connectivity index (χ1) is 7.22. The van der Waals surface area contributed by atoms with E-state index in [1.165, 1.54) is 5.56 Å². The Hall–Kier alpha value is -1.42. The Kier molecular flexibility index (Phi) is 2.68. The van der Waals surface area contributed by atoms with E-state index in [1.807, 2.05) is 24.7 Å². The second kappa shape index (κ2) is 3.98. The van der Waals surface area contributed by atoms with Gasteiger partial charge in [0.25, 0.3) is 0 Å². The molecule has 4 heteroatoms. The molecule has 2 aromatic rings. The van der Waals surface area contributed by atoms with Crippen LogP contribution in [-0.2, 0) is 13.5 Å². The van der Waals surface area contributed by atoms with E-state index in [1.54, 1.807) is 0 Å². The average Bonchev–Trinajstić information content (AvgIpc) is 2.52. The van der Waals surface area contributed by atoms with Crippen LogP contribution in [0.15, 0.2) is 12.3 Å². The molecule has 0 saturated carbocycles. The van der Waals surface area contributed by atoms with Crippen molar-refractivity contribution >= 4 is 11.2 Å². The number of pyridine rings is 1. The summed E-state index contributed by atoms with van der Waals surface area (Å²) in [6.07, 6.45) is 3.90. The van der Waals surface area contributed by atoms with Crippen molar-refractivity contribution in [1.29, 1.82) is 0 Å². The number of rotatable bonds is 3. The number of nitrogens with two attached hydrogens (primary N) is 1. The van der Waals surface area contributed by atoms with E-state index in [2.05, 4.69) is 16.0 Å². The molecule has 2 aromatic heterocycles. The summed E-state index contributed by atoms with van der Waals surface area (Å²) in [5.41, 5.74) is 8.62. The van der Waals surface area contributed by atoms with Gasteiger partial charge in [0, 0.05) is 13.2 Å². The first-order valence-corrected chi connectivity index (χ1v) is 5.20. The predicted octanol–water partition coefficient (Wildman–Crippen LogP) is 1.17. The van der Waals surface area contributed by atoms with Crippen LogP contribution in [0.1, 0.15) is 17.8 Å². The topological polar surface area (TPSA) is 56.7 Å². The molecular weight excluding hydrogens is 188 g/mol. The maximum atomic E-state index is 5.48. The number of aromatic nitrogens is 3. The molecule has 0 spiro atoms. The molecule has 0 aromatic carbocycles. The largest absolute Gasteiger partial charge is 0.330 e. The monoisotopic (exact) mass is 204 g/mol. The van der Waals surface area contributed by atoms with E-state index < -0.39 is 0 Å². The van der Waals surface area contributed by atoms with Crippen molar-refractivity contribution < 1.29 is 0 Å². The fraction of sp³-hybridized carbons (Fsp3) is 0.455. The van der Waals surface area contributed by atoms with Crippen LogP contribution in [0.5, 0.6) is 0 Å². The third kappa shape index (κ3) is 1.85. The molecule has 0 saturated heterocycles. The van der Waals surface area contributed by atoms with E-state index >= 15 is 0 Å². The Morgan fingerprint density at radius 3 is 3.00 bits per heavy atom. The molecule has 0 atom stereocenters. The Balaban J connectivity index is 2.39. The van der Waals surface area contributed by atoms with Gasteiger partial charge < -0.3 is 10.3 Å². The minimum atomic E-state index is 0.722. The van der Waals surface area contributed by atoms with E-state index in [9.17, 15) is 0 Å². The van der Waals surface area contributed by atoms with Gasteiger partial charge in [0.2, 0.25) is 0 Å². The molecule has 0 aliphatic carbocycles. The summed E-state index contributed by atoms with van der Waals surface area (Å²) in [4.78, 5) is 8.86. The Morgan fingerprint density at radius 1 is 1.47 bits per heavy atom. The van der Waals surface area contributed by atoms with E-state index in [0.29, 0.717) is 0 Å². The van der Waals surface area contributed by atoms with Gasteiger partial charge in [-0.3, -0.25) is 0 Å². The highest BCUT2D eigenvalue weighted by atomic mass is 15.1. The third-order valence-corrected chi connectivity index (χ3v) is 2.66. The van der Waals surface area contributed by atoms with Crippen LogP contribution in [0.3, 0.4) is 0 Å². The third-order valence-electron chi connectivity index (χ3n) is 2.66. The smallest absolute Gasteiger partial charge is 0.159 e. The summed E-state index contributed by atoms with van der Waals surface area (Å²) >= 11 is 0. The zero-order valence-electron chi connectivity index (χ0n) is 9.20. The Labute approximate surface area is 89.1 Å². The van der Waals surface area contributed by atoms with Crippen LogP contribution in [0.25, 0.3) is 11.2 Å². The molecule has 0 bridgehead atoms. The Bertz CT molecular complexity index is 473. The summed E-state index contributed by atoms with van der Waals surface area (Å²) in [5, 5.41) is 0. The zero-order valence-corrected chi connectivity index (χ0v) is 9.20. The second-order valence-corrected chi connectivity index (χ2v) is 3.80. The number of aryl methyl sites for hydroxylation is 3.